The highest BCUT2D eigenvalue weighted by Crippen LogP contribution is 2.01. The Balaban J connectivity index is 2.39. The molecule has 0 spiro atoms. The molecule has 5 heteroatoms. The number of nitrogens with zero attached hydrogens (tertiary/aromatic N) is 1. The maximum atomic E-state index is 10.4. The van der Waals surface area contributed by atoms with Gasteiger partial charge in [0, 0.05) is 6.07 Å². The molecule has 0 aliphatic carbocycles. The summed E-state index contributed by atoms with van der Waals surface area (Å²) in [7, 11) is 0. The highest BCUT2D eigenvalue weighted by molar-refractivity contribution is 5.72. The van der Waals surface area contributed by atoms with Gasteiger partial charge in [-0.3, -0.25) is 10.1 Å². The number of hydrogen-bond donors (Lipinski definition) is 2. The minimum atomic E-state index is -0.878. The van der Waals surface area contributed by atoms with Crippen LogP contribution in [0, 0.1) is 6.92 Å². The lowest BCUT2D eigenvalue weighted by Crippen LogP contribution is -2.32. The largest absolute Gasteiger partial charge is 0.480 e. The molecule has 0 fully saturated rings. The van der Waals surface area contributed by atoms with E-state index in [9.17, 15) is 4.79 Å². The summed E-state index contributed by atoms with van der Waals surface area (Å²) in [4.78, 5) is 10.4. The summed E-state index contributed by atoms with van der Waals surface area (Å²) in [5.41, 5.74) is 0.791. The molecule has 13 heavy (non-hydrogen) atoms. The van der Waals surface area contributed by atoms with Crippen LogP contribution in [0.4, 0.5) is 0 Å². The lowest BCUT2D eigenvalue weighted by Gasteiger charge is -2.05. The highest BCUT2D eigenvalue weighted by Gasteiger charge is 2.10. The number of carboxylic acid groups (broad SMARTS) is 1. The van der Waals surface area contributed by atoms with Crippen LogP contribution in [0.25, 0.3) is 0 Å². The number of aliphatic carboxylic acids is 1. The van der Waals surface area contributed by atoms with Gasteiger partial charge in [0.1, 0.15) is 6.04 Å². The van der Waals surface area contributed by atoms with Crippen molar-refractivity contribution in [1.82, 2.24) is 10.5 Å². The summed E-state index contributed by atoms with van der Waals surface area (Å²) in [6, 6.07) is 1.19. The predicted molar refractivity (Wildman–Crippen MR) is 45.2 cm³/mol. The highest BCUT2D eigenvalue weighted by atomic mass is 16.5. The van der Waals surface area contributed by atoms with Crippen molar-refractivity contribution in [2.45, 2.75) is 26.4 Å². The second-order valence-corrected chi connectivity index (χ2v) is 2.88. The SMILES string of the molecule is Cc1cc(CN[C@@H](C)C(=O)O)on1. The van der Waals surface area contributed by atoms with Gasteiger partial charge in [0.15, 0.2) is 5.76 Å². The average Bonchev–Trinajstić information content (AvgIpc) is 2.47. The van der Waals surface area contributed by atoms with Crippen LogP contribution in [-0.2, 0) is 11.3 Å². The molecule has 5 nitrogen and oxygen atoms in total. The van der Waals surface area contributed by atoms with E-state index < -0.39 is 12.0 Å². The summed E-state index contributed by atoms with van der Waals surface area (Å²) in [6.07, 6.45) is 0. The van der Waals surface area contributed by atoms with Crippen LogP contribution in [0.1, 0.15) is 18.4 Å². The van der Waals surface area contributed by atoms with Gasteiger partial charge < -0.3 is 9.63 Å². The van der Waals surface area contributed by atoms with E-state index >= 15 is 0 Å². The maximum absolute atomic E-state index is 10.4. The van der Waals surface area contributed by atoms with E-state index in [2.05, 4.69) is 10.5 Å². The van der Waals surface area contributed by atoms with Crippen molar-refractivity contribution >= 4 is 5.97 Å². The third-order valence-electron chi connectivity index (χ3n) is 1.63. The summed E-state index contributed by atoms with van der Waals surface area (Å²) in [5, 5.41) is 15.0. The first-order valence-corrected chi connectivity index (χ1v) is 3.98. The number of carbonyl (C=O) groups is 1. The standard InChI is InChI=1S/C8H12N2O3/c1-5-3-7(13-10-5)4-9-6(2)8(11)12/h3,6,9H,4H2,1-2H3,(H,11,12)/t6-/m0/s1. The Kier molecular flexibility index (Phi) is 3.02. The van der Waals surface area contributed by atoms with E-state index in [-0.39, 0.29) is 0 Å². The quantitative estimate of drug-likeness (QED) is 0.714. The Labute approximate surface area is 75.7 Å². The first kappa shape index (κ1) is 9.73. The van der Waals surface area contributed by atoms with E-state index in [0.29, 0.717) is 12.3 Å². The first-order chi connectivity index (χ1) is 6.09. The molecule has 0 amide bonds. The number of aryl methyl sites for hydroxylation is 1. The molecule has 0 bridgehead atoms. The van der Waals surface area contributed by atoms with Crippen molar-refractivity contribution < 1.29 is 14.4 Å². The van der Waals surface area contributed by atoms with Crippen LogP contribution in [0.15, 0.2) is 10.6 Å². The zero-order valence-corrected chi connectivity index (χ0v) is 7.57. The fraction of sp³-hybridized carbons (Fsp3) is 0.500. The summed E-state index contributed by atoms with van der Waals surface area (Å²) >= 11 is 0. The molecule has 0 radical (unpaired) electrons. The van der Waals surface area contributed by atoms with Crippen LogP contribution < -0.4 is 5.32 Å². The van der Waals surface area contributed by atoms with Crippen LogP contribution in [0.2, 0.25) is 0 Å². The van der Waals surface area contributed by atoms with E-state index in [0.717, 1.165) is 5.69 Å². The van der Waals surface area contributed by atoms with E-state index in [1.54, 1.807) is 13.0 Å². The minimum Gasteiger partial charge on any atom is -0.480 e. The number of carboxylic acids is 1. The molecule has 0 aliphatic rings. The molecule has 2 N–H and O–H groups in total. The topological polar surface area (TPSA) is 75.4 Å². The van der Waals surface area contributed by atoms with Gasteiger partial charge in [-0.1, -0.05) is 5.16 Å². The molecular formula is C8H12N2O3. The second-order valence-electron chi connectivity index (χ2n) is 2.88. The molecular weight excluding hydrogens is 172 g/mol. The van der Waals surface area contributed by atoms with Gasteiger partial charge in [-0.05, 0) is 13.8 Å². The summed E-state index contributed by atoms with van der Waals surface area (Å²) < 4.78 is 4.89. The second kappa shape index (κ2) is 4.04. The van der Waals surface area contributed by atoms with Crippen LogP contribution in [0.5, 0.6) is 0 Å². The molecule has 1 aromatic rings. The summed E-state index contributed by atoms with van der Waals surface area (Å²) in [5.74, 6) is -0.234. The van der Waals surface area contributed by atoms with Crippen molar-refractivity contribution in [3.8, 4) is 0 Å². The van der Waals surface area contributed by atoms with Crippen molar-refractivity contribution in [3.63, 3.8) is 0 Å². The van der Waals surface area contributed by atoms with Crippen molar-refractivity contribution in [2.24, 2.45) is 0 Å². The lowest BCUT2D eigenvalue weighted by molar-refractivity contribution is -0.139. The Morgan fingerprint density at radius 3 is 3.00 bits per heavy atom. The number of rotatable bonds is 4. The fourth-order valence-corrected chi connectivity index (χ4v) is 0.841. The number of hydrogen-bond acceptors (Lipinski definition) is 4. The molecule has 72 valence electrons. The van der Waals surface area contributed by atoms with Gasteiger partial charge in [-0.25, -0.2) is 0 Å². The Bertz CT molecular complexity index is 295. The fourth-order valence-electron chi connectivity index (χ4n) is 0.841. The zero-order valence-electron chi connectivity index (χ0n) is 7.57. The molecule has 0 aromatic carbocycles. The van der Waals surface area contributed by atoms with Crippen molar-refractivity contribution in [2.75, 3.05) is 0 Å². The van der Waals surface area contributed by atoms with Crippen LogP contribution in [-0.4, -0.2) is 22.3 Å². The zero-order chi connectivity index (χ0) is 9.84. The van der Waals surface area contributed by atoms with Gasteiger partial charge in [0.2, 0.25) is 0 Å². The van der Waals surface area contributed by atoms with Crippen LogP contribution in [0.3, 0.4) is 0 Å². The molecule has 0 unspecified atom stereocenters. The minimum absolute atomic E-state index is 0.383. The van der Waals surface area contributed by atoms with E-state index in [1.807, 2.05) is 6.92 Å². The number of aromatic nitrogens is 1. The normalized spacial score (nSPS) is 12.8. The maximum Gasteiger partial charge on any atom is 0.320 e. The average molecular weight is 184 g/mol. The Morgan fingerprint density at radius 2 is 2.54 bits per heavy atom. The van der Waals surface area contributed by atoms with Gasteiger partial charge >= 0.3 is 5.97 Å². The van der Waals surface area contributed by atoms with Gasteiger partial charge in [0.25, 0.3) is 0 Å². The first-order valence-electron chi connectivity index (χ1n) is 3.98. The third-order valence-corrected chi connectivity index (χ3v) is 1.63. The lowest BCUT2D eigenvalue weighted by atomic mass is 10.3. The number of nitrogens with one attached hydrogen (secondary N) is 1. The molecule has 1 heterocycles. The van der Waals surface area contributed by atoms with Gasteiger partial charge in [-0.2, -0.15) is 0 Å². The molecule has 0 aliphatic heterocycles. The molecule has 1 aromatic heterocycles. The summed E-state index contributed by atoms with van der Waals surface area (Å²) in [6.45, 7) is 3.77. The molecule has 1 atom stereocenters. The van der Waals surface area contributed by atoms with Gasteiger partial charge in [-0.15, -0.1) is 0 Å². The van der Waals surface area contributed by atoms with E-state index in [1.165, 1.54) is 0 Å². The van der Waals surface area contributed by atoms with Crippen molar-refractivity contribution in [1.29, 1.82) is 0 Å². The van der Waals surface area contributed by atoms with Crippen molar-refractivity contribution in [3.05, 3.63) is 17.5 Å². The van der Waals surface area contributed by atoms with Gasteiger partial charge in [0.05, 0.1) is 12.2 Å². The smallest absolute Gasteiger partial charge is 0.320 e. The molecule has 0 saturated heterocycles. The predicted octanol–water partition coefficient (Wildman–Crippen LogP) is 0.546. The Hall–Kier alpha value is -1.36. The molecule has 0 saturated carbocycles. The van der Waals surface area contributed by atoms with E-state index in [4.69, 9.17) is 9.63 Å². The molecule has 1 rings (SSSR count). The monoisotopic (exact) mass is 184 g/mol. The van der Waals surface area contributed by atoms with Crippen LogP contribution >= 0.6 is 0 Å². The Morgan fingerprint density at radius 1 is 1.85 bits per heavy atom. The third kappa shape index (κ3) is 2.87.